The van der Waals surface area contributed by atoms with Gasteiger partial charge in [0.25, 0.3) is 0 Å². The van der Waals surface area contributed by atoms with Gasteiger partial charge in [0.1, 0.15) is 0 Å². The van der Waals surface area contributed by atoms with Gasteiger partial charge in [0.15, 0.2) is 11.5 Å². The molecule has 0 saturated heterocycles. The molecule has 0 unspecified atom stereocenters. The van der Waals surface area contributed by atoms with Crippen LogP contribution in [0.2, 0.25) is 0 Å². The number of nitrogens with zero attached hydrogens (tertiary/aromatic N) is 6. The van der Waals surface area contributed by atoms with E-state index in [0.29, 0.717) is 24.3 Å². The van der Waals surface area contributed by atoms with E-state index in [4.69, 9.17) is 5.11 Å². The molecule has 0 amide bonds. The van der Waals surface area contributed by atoms with Crippen molar-refractivity contribution < 1.29 is 9.90 Å². The second kappa shape index (κ2) is 4.23. The van der Waals surface area contributed by atoms with Crippen molar-refractivity contribution >= 4 is 17.4 Å². The number of aromatic nitrogens is 5. The van der Waals surface area contributed by atoms with Crippen molar-refractivity contribution in [3.8, 4) is 0 Å². The number of hydrogen-bond donors (Lipinski definition) is 1. The summed E-state index contributed by atoms with van der Waals surface area (Å²) in [5.41, 5.74) is 2.98. The Kier molecular flexibility index (Phi) is 2.37. The van der Waals surface area contributed by atoms with Gasteiger partial charge in [0.05, 0.1) is 18.0 Å². The molecule has 8 heteroatoms. The van der Waals surface area contributed by atoms with Crippen LogP contribution in [-0.2, 0) is 13.1 Å². The SMILES string of the molecule is O=C(O)c1ccc2c(c1)CN(c1cncc3nnnn13)C2. The minimum absolute atomic E-state index is 0.300. The third-order valence-corrected chi connectivity index (χ3v) is 3.59. The van der Waals surface area contributed by atoms with Gasteiger partial charge in [-0.1, -0.05) is 6.07 Å². The Hall–Kier alpha value is -3.03. The lowest BCUT2D eigenvalue weighted by molar-refractivity contribution is 0.0697. The normalized spacial score (nSPS) is 13.6. The molecule has 1 N–H and O–H groups in total. The van der Waals surface area contributed by atoms with Crippen molar-refractivity contribution in [3.05, 3.63) is 47.3 Å². The first kappa shape index (κ1) is 11.8. The number of benzene rings is 1. The van der Waals surface area contributed by atoms with Crippen LogP contribution in [0.4, 0.5) is 5.82 Å². The fraction of sp³-hybridized carbons (Fsp3) is 0.154. The summed E-state index contributed by atoms with van der Waals surface area (Å²) in [6, 6.07) is 5.19. The maximum Gasteiger partial charge on any atom is 0.335 e. The molecule has 0 spiro atoms. The Morgan fingerprint density at radius 2 is 2.05 bits per heavy atom. The van der Waals surface area contributed by atoms with E-state index in [2.05, 4.69) is 25.4 Å². The Morgan fingerprint density at radius 1 is 1.19 bits per heavy atom. The average molecular weight is 282 g/mol. The summed E-state index contributed by atoms with van der Waals surface area (Å²) >= 11 is 0. The second-order valence-electron chi connectivity index (χ2n) is 4.86. The third kappa shape index (κ3) is 1.80. The predicted octanol–water partition coefficient (Wildman–Crippen LogP) is 0.738. The van der Waals surface area contributed by atoms with E-state index >= 15 is 0 Å². The molecule has 21 heavy (non-hydrogen) atoms. The van der Waals surface area contributed by atoms with Crippen LogP contribution >= 0.6 is 0 Å². The zero-order chi connectivity index (χ0) is 14.4. The molecule has 1 aliphatic heterocycles. The number of fused-ring (bicyclic) bond motifs is 2. The van der Waals surface area contributed by atoms with Crippen LogP contribution in [0.5, 0.6) is 0 Å². The maximum atomic E-state index is 11.0. The summed E-state index contributed by atoms with van der Waals surface area (Å²) < 4.78 is 1.62. The lowest BCUT2D eigenvalue weighted by atomic mass is 10.1. The highest BCUT2D eigenvalue weighted by Gasteiger charge is 2.23. The topological polar surface area (TPSA) is 96.5 Å². The number of anilines is 1. The summed E-state index contributed by atoms with van der Waals surface area (Å²) in [7, 11) is 0. The number of carboxylic acids is 1. The van der Waals surface area contributed by atoms with Crippen molar-refractivity contribution in [2.45, 2.75) is 13.1 Å². The molecular formula is C13H10N6O2. The average Bonchev–Trinajstić information content (AvgIpc) is 3.12. The number of carboxylic acid groups (broad SMARTS) is 1. The summed E-state index contributed by atoms with van der Waals surface area (Å²) in [5, 5.41) is 20.5. The molecule has 1 aromatic carbocycles. The van der Waals surface area contributed by atoms with Crippen LogP contribution in [0.15, 0.2) is 30.6 Å². The van der Waals surface area contributed by atoms with Gasteiger partial charge in [-0.3, -0.25) is 4.98 Å². The number of hydrogen-bond acceptors (Lipinski definition) is 6. The van der Waals surface area contributed by atoms with Gasteiger partial charge in [-0.25, -0.2) is 4.79 Å². The molecule has 0 aliphatic carbocycles. The summed E-state index contributed by atoms with van der Waals surface area (Å²) in [6.45, 7) is 1.28. The lowest BCUT2D eigenvalue weighted by Crippen LogP contribution is -2.18. The van der Waals surface area contributed by atoms with Gasteiger partial charge >= 0.3 is 5.97 Å². The first-order valence-electron chi connectivity index (χ1n) is 6.34. The van der Waals surface area contributed by atoms with E-state index < -0.39 is 5.97 Å². The summed E-state index contributed by atoms with van der Waals surface area (Å²) in [5.74, 6) is -0.133. The molecule has 3 heterocycles. The Bertz CT molecular complexity index is 859. The van der Waals surface area contributed by atoms with Gasteiger partial charge in [-0.2, -0.15) is 4.52 Å². The molecule has 0 atom stereocenters. The van der Waals surface area contributed by atoms with Crippen LogP contribution in [0.25, 0.3) is 5.65 Å². The molecule has 0 bridgehead atoms. The Labute approximate surface area is 118 Å². The van der Waals surface area contributed by atoms with Gasteiger partial charge in [-0.15, -0.1) is 5.10 Å². The molecule has 0 fully saturated rings. The largest absolute Gasteiger partial charge is 0.478 e. The fourth-order valence-electron chi connectivity index (χ4n) is 2.57. The van der Waals surface area contributed by atoms with E-state index in [-0.39, 0.29) is 0 Å². The number of rotatable bonds is 2. The number of tetrazole rings is 1. The number of aromatic carboxylic acids is 1. The van der Waals surface area contributed by atoms with Gasteiger partial charge < -0.3 is 10.0 Å². The predicted molar refractivity (Wildman–Crippen MR) is 71.9 cm³/mol. The van der Waals surface area contributed by atoms with Crippen molar-refractivity contribution in [2.75, 3.05) is 4.90 Å². The van der Waals surface area contributed by atoms with Crippen LogP contribution < -0.4 is 4.90 Å². The van der Waals surface area contributed by atoms with E-state index in [9.17, 15) is 4.79 Å². The lowest BCUT2D eigenvalue weighted by Gasteiger charge is -2.16. The van der Waals surface area contributed by atoms with Gasteiger partial charge in [0.2, 0.25) is 0 Å². The summed E-state index contributed by atoms with van der Waals surface area (Å²) in [6.07, 6.45) is 3.29. The third-order valence-electron chi connectivity index (χ3n) is 3.59. The molecular weight excluding hydrogens is 272 g/mol. The fourth-order valence-corrected chi connectivity index (χ4v) is 2.57. The molecule has 104 valence electrons. The highest BCUT2D eigenvalue weighted by molar-refractivity contribution is 5.88. The molecule has 0 saturated carbocycles. The van der Waals surface area contributed by atoms with Crippen molar-refractivity contribution in [1.29, 1.82) is 0 Å². The van der Waals surface area contributed by atoms with E-state index in [0.717, 1.165) is 16.9 Å². The van der Waals surface area contributed by atoms with Crippen molar-refractivity contribution in [2.24, 2.45) is 0 Å². The Balaban J connectivity index is 1.73. The molecule has 2 aromatic heterocycles. The van der Waals surface area contributed by atoms with E-state index in [1.807, 2.05) is 6.07 Å². The van der Waals surface area contributed by atoms with Crippen LogP contribution in [0.3, 0.4) is 0 Å². The molecule has 3 aromatic rings. The van der Waals surface area contributed by atoms with E-state index in [1.54, 1.807) is 29.0 Å². The second-order valence-corrected chi connectivity index (χ2v) is 4.86. The molecule has 8 nitrogen and oxygen atoms in total. The van der Waals surface area contributed by atoms with Crippen LogP contribution in [0, 0.1) is 0 Å². The number of carbonyl (C=O) groups is 1. The minimum Gasteiger partial charge on any atom is -0.478 e. The molecule has 4 rings (SSSR count). The first-order chi connectivity index (χ1) is 10.2. The van der Waals surface area contributed by atoms with Crippen molar-refractivity contribution in [1.82, 2.24) is 25.0 Å². The zero-order valence-electron chi connectivity index (χ0n) is 10.8. The van der Waals surface area contributed by atoms with E-state index in [1.165, 1.54) is 0 Å². The quantitative estimate of drug-likeness (QED) is 0.740. The minimum atomic E-state index is -0.916. The molecule has 1 aliphatic rings. The Morgan fingerprint density at radius 3 is 2.90 bits per heavy atom. The monoisotopic (exact) mass is 282 g/mol. The van der Waals surface area contributed by atoms with Gasteiger partial charge in [-0.05, 0) is 33.7 Å². The zero-order valence-corrected chi connectivity index (χ0v) is 10.8. The summed E-state index contributed by atoms with van der Waals surface area (Å²) in [4.78, 5) is 17.2. The van der Waals surface area contributed by atoms with Crippen LogP contribution in [0.1, 0.15) is 21.5 Å². The highest BCUT2D eigenvalue weighted by atomic mass is 16.4. The standard InChI is InChI=1S/C13H10N6O2/c20-13(21)8-1-2-9-6-18(7-10(9)3-8)12-5-14-4-11-15-16-17-19(11)12/h1-5H,6-7H2,(H,20,21). The molecule has 0 radical (unpaired) electrons. The van der Waals surface area contributed by atoms with Crippen LogP contribution in [-0.4, -0.2) is 36.1 Å². The first-order valence-corrected chi connectivity index (χ1v) is 6.34. The highest BCUT2D eigenvalue weighted by Crippen LogP contribution is 2.28. The van der Waals surface area contributed by atoms with Gasteiger partial charge in [0, 0.05) is 13.1 Å². The maximum absolute atomic E-state index is 11.0. The smallest absolute Gasteiger partial charge is 0.335 e. The van der Waals surface area contributed by atoms with Crippen molar-refractivity contribution in [3.63, 3.8) is 0 Å².